The maximum atomic E-state index is 12.1. The van der Waals surface area contributed by atoms with Crippen LogP contribution in [0.2, 0.25) is 0 Å². The van der Waals surface area contributed by atoms with E-state index in [1.54, 1.807) is 0 Å². The van der Waals surface area contributed by atoms with E-state index < -0.39 is 0 Å². The molecule has 0 aromatic carbocycles. The first kappa shape index (κ1) is 17.7. The summed E-state index contributed by atoms with van der Waals surface area (Å²) in [5, 5.41) is 0. The van der Waals surface area contributed by atoms with E-state index in [9.17, 15) is 4.79 Å². The quantitative estimate of drug-likeness (QED) is 0.506. The second-order valence-corrected chi connectivity index (χ2v) is 6.44. The number of unbranched alkanes of at least 4 members (excludes halogenated alkanes) is 1. The van der Waals surface area contributed by atoms with Crippen molar-refractivity contribution in [3.8, 4) is 0 Å². The van der Waals surface area contributed by atoms with Gasteiger partial charge >= 0.3 is 5.97 Å². The molecule has 0 aliphatic carbocycles. The highest BCUT2D eigenvalue weighted by atomic mass is 16.5. The molecule has 0 aromatic heterocycles. The molecule has 0 radical (unpaired) electrons. The van der Waals surface area contributed by atoms with Gasteiger partial charge in [0, 0.05) is 25.7 Å². The molecule has 2 aliphatic rings. The molecule has 22 heavy (non-hydrogen) atoms. The minimum Gasteiger partial charge on any atom is -0.466 e. The van der Waals surface area contributed by atoms with Crippen molar-refractivity contribution in [3.63, 3.8) is 0 Å². The number of carbonyl (C=O) groups is 1. The summed E-state index contributed by atoms with van der Waals surface area (Å²) in [6, 6.07) is 0.274. The lowest BCUT2D eigenvalue weighted by Crippen LogP contribution is -2.50. The number of hydrogen-bond acceptors (Lipinski definition) is 5. The minimum absolute atomic E-state index is 0.0399. The van der Waals surface area contributed by atoms with E-state index >= 15 is 0 Å². The van der Waals surface area contributed by atoms with Gasteiger partial charge in [0.05, 0.1) is 26.2 Å². The number of esters is 1. The molecule has 2 rings (SSSR count). The van der Waals surface area contributed by atoms with E-state index in [-0.39, 0.29) is 12.0 Å². The molecular formula is C17H32N2O3. The van der Waals surface area contributed by atoms with Crippen molar-refractivity contribution in [2.75, 3.05) is 52.5 Å². The van der Waals surface area contributed by atoms with Crippen molar-refractivity contribution in [2.24, 2.45) is 0 Å². The molecule has 0 aromatic rings. The molecule has 0 amide bonds. The average molecular weight is 312 g/mol. The first-order valence-electron chi connectivity index (χ1n) is 8.99. The molecule has 5 nitrogen and oxygen atoms in total. The van der Waals surface area contributed by atoms with E-state index in [1.165, 1.54) is 32.4 Å². The molecule has 0 N–H and O–H groups in total. The van der Waals surface area contributed by atoms with Crippen LogP contribution in [0, 0.1) is 0 Å². The second kappa shape index (κ2) is 10.2. The van der Waals surface area contributed by atoms with Crippen LogP contribution in [0.1, 0.15) is 45.4 Å². The molecule has 128 valence electrons. The van der Waals surface area contributed by atoms with Crippen LogP contribution in [0.15, 0.2) is 0 Å². The lowest BCUT2D eigenvalue weighted by molar-refractivity contribution is -0.146. The number of nitrogens with zero attached hydrogens (tertiary/aromatic N) is 2. The van der Waals surface area contributed by atoms with E-state index in [0.717, 1.165) is 45.7 Å². The molecule has 1 unspecified atom stereocenters. The summed E-state index contributed by atoms with van der Waals surface area (Å²) < 4.78 is 10.8. The van der Waals surface area contributed by atoms with Gasteiger partial charge in [-0.25, -0.2) is 0 Å². The van der Waals surface area contributed by atoms with Gasteiger partial charge in [0.2, 0.25) is 0 Å². The van der Waals surface area contributed by atoms with Crippen LogP contribution in [-0.4, -0.2) is 74.4 Å². The predicted octanol–water partition coefficient (Wildman–Crippen LogP) is 1.91. The Bertz CT molecular complexity index is 313. The van der Waals surface area contributed by atoms with Gasteiger partial charge in [0.25, 0.3) is 0 Å². The molecule has 2 aliphatic heterocycles. The van der Waals surface area contributed by atoms with Crippen molar-refractivity contribution >= 4 is 5.97 Å². The van der Waals surface area contributed by atoms with E-state index in [4.69, 9.17) is 9.47 Å². The zero-order chi connectivity index (χ0) is 15.6. The van der Waals surface area contributed by atoms with Crippen molar-refractivity contribution in [1.82, 2.24) is 9.80 Å². The normalized spacial score (nSPS) is 22.4. The van der Waals surface area contributed by atoms with Crippen LogP contribution in [0.25, 0.3) is 0 Å². The molecular weight excluding hydrogens is 280 g/mol. The van der Waals surface area contributed by atoms with Gasteiger partial charge in [-0.3, -0.25) is 9.69 Å². The Morgan fingerprint density at radius 2 is 1.86 bits per heavy atom. The van der Waals surface area contributed by atoms with Crippen LogP contribution < -0.4 is 0 Å². The maximum Gasteiger partial charge on any atom is 0.307 e. The molecule has 1 atom stereocenters. The minimum atomic E-state index is -0.0399. The third kappa shape index (κ3) is 6.23. The summed E-state index contributed by atoms with van der Waals surface area (Å²) >= 11 is 0. The molecule has 2 fully saturated rings. The van der Waals surface area contributed by atoms with Gasteiger partial charge in [0.1, 0.15) is 0 Å². The predicted molar refractivity (Wildman–Crippen MR) is 87.0 cm³/mol. The molecule has 2 heterocycles. The number of morpholine rings is 1. The van der Waals surface area contributed by atoms with E-state index in [2.05, 4.69) is 16.7 Å². The van der Waals surface area contributed by atoms with Gasteiger partial charge < -0.3 is 14.4 Å². The number of rotatable bonds is 8. The number of hydrogen-bond donors (Lipinski definition) is 0. The van der Waals surface area contributed by atoms with Crippen molar-refractivity contribution in [2.45, 2.75) is 51.5 Å². The van der Waals surface area contributed by atoms with Gasteiger partial charge in [-0.05, 0) is 32.4 Å². The summed E-state index contributed by atoms with van der Waals surface area (Å²) in [5.74, 6) is -0.0399. The molecule has 0 spiro atoms. The van der Waals surface area contributed by atoms with Gasteiger partial charge in [-0.15, -0.1) is 0 Å². The fourth-order valence-electron chi connectivity index (χ4n) is 3.27. The first-order valence-corrected chi connectivity index (χ1v) is 8.99. The highest BCUT2D eigenvalue weighted by Gasteiger charge is 2.26. The Morgan fingerprint density at radius 1 is 1.14 bits per heavy atom. The Morgan fingerprint density at radius 3 is 2.55 bits per heavy atom. The Hall–Kier alpha value is -0.650. The molecule has 5 heteroatoms. The standard InChI is InChI=1S/C17H32N2O3/c1-2-3-11-22-17(20)14-16(19-9-12-21-13-10-19)15-18-7-5-4-6-8-18/h16H,2-15H2,1H3. The fraction of sp³-hybridized carbons (Fsp3) is 0.941. The molecule has 0 bridgehead atoms. The lowest BCUT2D eigenvalue weighted by Gasteiger charge is -2.38. The topological polar surface area (TPSA) is 42.0 Å². The van der Waals surface area contributed by atoms with E-state index in [1.807, 2.05) is 0 Å². The largest absolute Gasteiger partial charge is 0.466 e. The maximum absolute atomic E-state index is 12.1. The van der Waals surface area contributed by atoms with Gasteiger partial charge in [-0.2, -0.15) is 0 Å². The van der Waals surface area contributed by atoms with Crippen LogP contribution in [0.5, 0.6) is 0 Å². The zero-order valence-corrected chi connectivity index (χ0v) is 14.1. The Kier molecular flexibility index (Phi) is 8.20. The molecule has 0 saturated carbocycles. The SMILES string of the molecule is CCCCOC(=O)CC(CN1CCCCC1)N1CCOCC1. The van der Waals surface area contributed by atoms with Crippen molar-refractivity contribution in [3.05, 3.63) is 0 Å². The summed E-state index contributed by atoms with van der Waals surface area (Å²) in [6.07, 6.45) is 6.46. The smallest absolute Gasteiger partial charge is 0.307 e. The molecule has 2 saturated heterocycles. The van der Waals surface area contributed by atoms with Crippen LogP contribution in [0.3, 0.4) is 0 Å². The Labute approximate surface area is 134 Å². The lowest BCUT2D eigenvalue weighted by atomic mass is 10.1. The first-order chi connectivity index (χ1) is 10.8. The average Bonchev–Trinajstić information content (AvgIpc) is 2.56. The number of piperidine rings is 1. The van der Waals surface area contributed by atoms with Crippen LogP contribution >= 0.6 is 0 Å². The van der Waals surface area contributed by atoms with Crippen molar-refractivity contribution < 1.29 is 14.3 Å². The van der Waals surface area contributed by atoms with E-state index in [0.29, 0.717) is 13.0 Å². The van der Waals surface area contributed by atoms with Gasteiger partial charge in [-0.1, -0.05) is 19.8 Å². The van der Waals surface area contributed by atoms with Gasteiger partial charge in [0.15, 0.2) is 0 Å². The van der Waals surface area contributed by atoms with Crippen LogP contribution in [0.4, 0.5) is 0 Å². The monoisotopic (exact) mass is 312 g/mol. The fourth-order valence-corrected chi connectivity index (χ4v) is 3.27. The highest BCUT2D eigenvalue weighted by Crippen LogP contribution is 2.15. The number of carbonyl (C=O) groups excluding carboxylic acids is 1. The number of ether oxygens (including phenoxy) is 2. The summed E-state index contributed by atoms with van der Waals surface area (Å²) in [6.45, 7) is 9.43. The Balaban J connectivity index is 1.83. The zero-order valence-electron chi connectivity index (χ0n) is 14.1. The van der Waals surface area contributed by atoms with Crippen LogP contribution in [-0.2, 0) is 14.3 Å². The highest BCUT2D eigenvalue weighted by molar-refractivity contribution is 5.70. The third-order valence-electron chi connectivity index (χ3n) is 4.64. The third-order valence-corrected chi connectivity index (χ3v) is 4.64. The van der Waals surface area contributed by atoms with Crippen molar-refractivity contribution in [1.29, 1.82) is 0 Å². The number of likely N-dealkylation sites (tertiary alicyclic amines) is 1. The summed E-state index contributed by atoms with van der Waals surface area (Å²) in [7, 11) is 0. The second-order valence-electron chi connectivity index (χ2n) is 6.44. The summed E-state index contributed by atoms with van der Waals surface area (Å²) in [4.78, 5) is 17.0. The summed E-state index contributed by atoms with van der Waals surface area (Å²) in [5.41, 5.74) is 0.